The molecule has 0 radical (unpaired) electrons. The third kappa shape index (κ3) is 10.9. The number of carbonyl (C=O) groups excluding carboxylic acids is 1. The molecule has 0 aromatic heterocycles. The van der Waals surface area contributed by atoms with Crippen LogP contribution < -0.4 is 0 Å². The topological polar surface area (TPSA) is 199 Å². The predicted molar refractivity (Wildman–Crippen MR) is 79.0 cm³/mol. The van der Waals surface area contributed by atoms with Crippen molar-refractivity contribution < 1.29 is 52.6 Å². The van der Waals surface area contributed by atoms with Gasteiger partial charge in [-0.15, -0.1) is 0 Å². The summed E-state index contributed by atoms with van der Waals surface area (Å²) in [4.78, 5) is 65.7. The van der Waals surface area contributed by atoms with E-state index in [0.717, 1.165) is 0 Å². The minimum atomic E-state index is -4.94. The molecule has 0 bridgehead atoms. The highest BCUT2D eigenvalue weighted by Crippen LogP contribution is 2.50. The summed E-state index contributed by atoms with van der Waals surface area (Å²) < 4.78 is 38.2. The van der Waals surface area contributed by atoms with Gasteiger partial charge in [-0.05, 0) is 13.3 Å². The van der Waals surface area contributed by atoms with Crippen LogP contribution in [0.5, 0.6) is 0 Å². The van der Waals surface area contributed by atoms with Crippen molar-refractivity contribution >= 4 is 28.8 Å². The molecule has 0 aliphatic carbocycles. The van der Waals surface area contributed by atoms with Gasteiger partial charge in [-0.3, -0.25) is 13.7 Å². The van der Waals surface area contributed by atoms with Gasteiger partial charge >= 0.3 is 28.8 Å². The van der Waals surface area contributed by atoms with Gasteiger partial charge in [0.1, 0.15) is 5.60 Å². The normalized spacial score (nSPS) is 13.7. The van der Waals surface area contributed by atoms with Gasteiger partial charge in [0.15, 0.2) is 0 Å². The van der Waals surface area contributed by atoms with E-state index in [9.17, 15) is 18.5 Å². The summed E-state index contributed by atoms with van der Waals surface area (Å²) in [6, 6.07) is 0. The summed E-state index contributed by atoms with van der Waals surface area (Å²) in [6.07, 6.45) is -4.45. The molecular formula is C9H19O11P3. The molecule has 6 N–H and O–H groups in total. The molecule has 0 saturated heterocycles. The van der Waals surface area contributed by atoms with E-state index in [2.05, 4.69) is 6.58 Å². The lowest BCUT2D eigenvalue weighted by Gasteiger charge is -2.34. The third-order valence-corrected chi connectivity index (χ3v) is 5.29. The fourth-order valence-electron chi connectivity index (χ4n) is 1.71. The van der Waals surface area contributed by atoms with Crippen molar-refractivity contribution in [3.05, 3.63) is 12.2 Å². The highest BCUT2D eigenvalue weighted by atomic mass is 31.2. The average Bonchev–Trinajstić information content (AvgIpc) is 2.20. The molecule has 0 aliphatic rings. The van der Waals surface area contributed by atoms with E-state index in [0.29, 0.717) is 0 Å². The quantitative estimate of drug-likeness (QED) is 0.171. The summed E-state index contributed by atoms with van der Waals surface area (Å²) in [6.45, 7) is 4.41. The SMILES string of the molecule is C=C(C)C(=O)OC(CCP(=O)(O)O)(CP(=O)(O)O)CP(=O)(O)O. The molecule has 23 heavy (non-hydrogen) atoms. The molecular weight excluding hydrogens is 377 g/mol. The van der Waals surface area contributed by atoms with Crippen LogP contribution in [0.4, 0.5) is 0 Å². The number of carbonyl (C=O) groups is 1. The molecule has 0 aromatic carbocycles. The fraction of sp³-hybridized carbons (Fsp3) is 0.667. The van der Waals surface area contributed by atoms with Crippen LogP contribution in [0.1, 0.15) is 13.3 Å². The van der Waals surface area contributed by atoms with Crippen LogP contribution in [0.3, 0.4) is 0 Å². The Hall–Kier alpha value is -0.340. The molecule has 0 saturated carbocycles. The minimum Gasteiger partial charge on any atom is -0.454 e. The first-order chi connectivity index (χ1) is 9.95. The second-order valence-electron chi connectivity index (χ2n) is 5.14. The maximum absolute atomic E-state index is 11.6. The van der Waals surface area contributed by atoms with Crippen molar-refractivity contribution in [1.29, 1.82) is 0 Å². The second-order valence-corrected chi connectivity index (χ2v) is 10.2. The Kier molecular flexibility index (Phi) is 7.58. The molecule has 11 nitrogen and oxygen atoms in total. The predicted octanol–water partition coefficient (Wildman–Crippen LogP) is -0.232. The minimum absolute atomic E-state index is 0.220. The van der Waals surface area contributed by atoms with Gasteiger partial charge in [0, 0.05) is 5.57 Å². The van der Waals surface area contributed by atoms with Crippen molar-refractivity contribution in [1.82, 2.24) is 0 Å². The van der Waals surface area contributed by atoms with Gasteiger partial charge in [-0.25, -0.2) is 4.79 Å². The zero-order chi connectivity index (χ0) is 18.7. The van der Waals surface area contributed by atoms with E-state index >= 15 is 0 Å². The van der Waals surface area contributed by atoms with Gasteiger partial charge in [-0.1, -0.05) is 6.58 Å². The van der Waals surface area contributed by atoms with Crippen molar-refractivity contribution in [2.45, 2.75) is 18.9 Å². The summed E-state index contributed by atoms with van der Waals surface area (Å²) >= 11 is 0. The molecule has 14 heteroatoms. The van der Waals surface area contributed by atoms with Crippen LogP contribution in [-0.4, -0.2) is 59.4 Å². The Bertz CT molecular complexity index is 570. The lowest BCUT2D eigenvalue weighted by atomic mass is 10.1. The summed E-state index contributed by atoms with van der Waals surface area (Å²) in [7, 11) is -14.6. The molecule has 0 rings (SSSR count). The van der Waals surface area contributed by atoms with Crippen LogP contribution in [0, 0.1) is 0 Å². The first kappa shape index (κ1) is 22.7. The van der Waals surface area contributed by atoms with E-state index in [1.807, 2.05) is 0 Å². The number of hydrogen-bond donors (Lipinski definition) is 6. The molecule has 0 spiro atoms. The molecule has 0 fully saturated rings. The standard InChI is InChI=1S/C9H19O11P3/c1-7(2)8(10)20-9(5-22(14,15)16,6-23(17,18)19)3-4-21(11,12)13/h1,3-6H2,2H3,(H2,11,12,13)(H2,14,15,16)(H2,17,18,19). The Balaban J connectivity index is 5.82. The van der Waals surface area contributed by atoms with Crippen LogP contribution in [0.2, 0.25) is 0 Å². The lowest BCUT2D eigenvalue weighted by molar-refractivity contribution is -0.151. The Morgan fingerprint density at radius 3 is 1.61 bits per heavy atom. The first-order valence-corrected chi connectivity index (χ1v) is 11.4. The average molecular weight is 396 g/mol. The zero-order valence-electron chi connectivity index (χ0n) is 12.1. The summed E-state index contributed by atoms with van der Waals surface area (Å²) in [5, 5.41) is 0. The molecule has 136 valence electrons. The smallest absolute Gasteiger partial charge is 0.333 e. The zero-order valence-corrected chi connectivity index (χ0v) is 14.8. The van der Waals surface area contributed by atoms with Crippen molar-refractivity contribution in [3.8, 4) is 0 Å². The van der Waals surface area contributed by atoms with Crippen LogP contribution >= 0.6 is 22.8 Å². The molecule has 0 atom stereocenters. The Labute approximate surface area is 131 Å². The number of rotatable bonds is 9. The Morgan fingerprint density at radius 2 is 1.35 bits per heavy atom. The molecule has 0 aromatic rings. The van der Waals surface area contributed by atoms with Crippen molar-refractivity contribution in [2.24, 2.45) is 0 Å². The summed E-state index contributed by atoms with van der Waals surface area (Å²) in [5.74, 6) is -1.20. The number of ether oxygens (including phenoxy) is 1. The number of hydrogen-bond acceptors (Lipinski definition) is 5. The van der Waals surface area contributed by atoms with Gasteiger partial charge in [0.25, 0.3) is 0 Å². The monoisotopic (exact) mass is 396 g/mol. The highest BCUT2D eigenvalue weighted by molar-refractivity contribution is 7.53. The molecule has 0 unspecified atom stereocenters. The molecule has 0 heterocycles. The third-order valence-electron chi connectivity index (χ3n) is 2.50. The van der Waals surface area contributed by atoms with E-state index < -0.39 is 59.3 Å². The van der Waals surface area contributed by atoms with E-state index in [1.54, 1.807) is 0 Å². The van der Waals surface area contributed by atoms with Crippen LogP contribution in [0.25, 0.3) is 0 Å². The van der Waals surface area contributed by atoms with Crippen molar-refractivity contribution in [3.63, 3.8) is 0 Å². The van der Waals surface area contributed by atoms with E-state index in [4.69, 9.17) is 34.1 Å². The largest absolute Gasteiger partial charge is 0.454 e. The first-order valence-electron chi connectivity index (χ1n) is 5.97. The lowest BCUT2D eigenvalue weighted by Crippen LogP contribution is -2.43. The second kappa shape index (κ2) is 7.70. The highest BCUT2D eigenvalue weighted by Gasteiger charge is 2.46. The Morgan fingerprint density at radius 1 is 0.957 bits per heavy atom. The fourth-order valence-corrected chi connectivity index (χ4v) is 4.75. The van der Waals surface area contributed by atoms with Crippen LogP contribution in [0.15, 0.2) is 12.2 Å². The maximum atomic E-state index is 11.6. The summed E-state index contributed by atoms with van der Waals surface area (Å²) in [5.41, 5.74) is -2.67. The van der Waals surface area contributed by atoms with Gasteiger partial charge < -0.3 is 34.1 Å². The van der Waals surface area contributed by atoms with Crippen LogP contribution in [-0.2, 0) is 23.2 Å². The van der Waals surface area contributed by atoms with Gasteiger partial charge in [0.2, 0.25) is 0 Å². The number of esters is 1. The van der Waals surface area contributed by atoms with E-state index in [-0.39, 0.29) is 5.57 Å². The molecule has 0 aliphatic heterocycles. The van der Waals surface area contributed by atoms with E-state index in [1.165, 1.54) is 6.92 Å². The van der Waals surface area contributed by atoms with Crippen molar-refractivity contribution in [2.75, 3.05) is 18.5 Å². The van der Waals surface area contributed by atoms with Gasteiger partial charge in [-0.2, -0.15) is 0 Å². The maximum Gasteiger partial charge on any atom is 0.333 e. The molecule has 0 amide bonds. The van der Waals surface area contributed by atoms with Gasteiger partial charge in [0.05, 0.1) is 18.5 Å².